The van der Waals surface area contributed by atoms with E-state index in [2.05, 4.69) is 45.5 Å². The van der Waals surface area contributed by atoms with Gasteiger partial charge in [0.15, 0.2) is 0 Å². The summed E-state index contributed by atoms with van der Waals surface area (Å²) in [6, 6.07) is 1.20. The third-order valence-corrected chi connectivity index (χ3v) is 6.18. The Balaban J connectivity index is 1.91. The molecule has 0 aromatic carbocycles. The second-order valence-electron chi connectivity index (χ2n) is 6.08. The number of ether oxygens (including phenoxy) is 1. The Hall–Kier alpha value is -0.103. The van der Waals surface area contributed by atoms with E-state index < -0.39 is 8.07 Å². The first kappa shape index (κ1) is 15.3. The molecule has 6 heteroatoms. The van der Waals surface area contributed by atoms with Gasteiger partial charge in [0.05, 0.1) is 9.50 Å². The van der Waals surface area contributed by atoms with E-state index in [0.29, 0.717) is 6.73 Å². The summed E-state index contributed by atoms with van der Waals surface area (Å²) >= 11 is 9.69. The van der Waals surface area contributed by atoms with Crippen molar-refractivity contribution in [1.82, 2.24) is 4.98 Å². The fourth-order valence-electron chi connectivity index (χ4n) is 2.02. The van der Waals surface area contributed by atoms with E-state index in [0.717, 1.165) is 40.4 Å². The summed E-state index contributed by atoms with van der Waals surface area (Å²) in [7, 11) is -1.01. The minimum atomic E-state index is -1.01. The standard InChI is InChI=1S/C13H20BrClN2OSi/c1-19(2,3)7-6-18-9-17-5-4-10-12(15)11(14)8-16-13(10)17/h8H,4-7,9H2,1-3H3. The minimum absolute atomic E-state index is 0.614. The van der Waals surface area contributed by atoms with Crippen LogP contribution in [0.3, 0.4) is 0 Å². The Morgan fingerprint density at radius 2 is 2.21 bits per heavy atom. The number of aromatic nitrogens is 1. The van der Waals surface area contributed by atoms with Gasteiger partial charge in [-0.2, -0.15) is 0 Å². The SMILES string of the molecule is C[Si](C)(C)CCOCN1CCc2c1ncc(Br)c2Cl. The van der Waals surface area contributed by atoms with Gasteiger partial charge in [-0.1, -0.05) is 31.2 Å². The lowest BCUT2D eigenvalue weighted by Crippen LogP contribution is -2.27. The normalized spacial score (nSPS) is 14.9. The Morgan fingerprint density at radius 1 is 1.47 bits per heavy atom. The molecule has 0 saturated heterocycles. The van der Waals surface area contributed by atoms with Crippen LogP contribution >= 0.6 is 27.5 Å². The quantitative estimate of drug-likeness (QED) is 0.580. The van der Waals surface area contributed by atoms with Crippen molar-refractivity contribution in [2.45, 2.75) is 32.1 Å². The molecular weight excluding hydrogens is 344 g/mol. The number of hydrogen-bond donors (Lipinski definition) is 0. The molecule has 0 N–H and O–H groups in total. The summed E-state index contributed by atoms with van der Waals surface area (Å²) in [6.45, 7) is 9.47. The van der Waals surface area contributed by atoms with E-state index in [1.54, 1.807) is 6.20 Å². The molecule has 19 heavy (non-hydrogen) atoms. The molecule has 0 fully saturated rings. The van der Waals surface area contributed by atoms with E-state index >= 15 is 0 Å². The fraction of sp³-hybridized carbons (Fsp3) is 0.615. The van der Waals surface area contributed by atoms with Crippen LogP contribution in [0.1, 0.15) is 5.56 Å². The minimum Gasteiger partial charge on any atom is -0.361 e. The highest BCUT2D eigenvalue weighted by molar-refractivity contribution is 9.10. The van der Waals surface area contributed by atoms with Gasteiger partial charge >= 0.3 is 0 Å². The lowest BCUT2D eigenvalue weighted by atomic mass is 10.2. The van der Waals surface area contributed by atoms with E-state index in [1.807, 2.05) is 0 Å². The van der Waals surface area contributed by atoms with Crippen LogP contribution in [0.25, 0.3) is 0 Å². The lowest BCUT2D eigenvalue weighted by molar-refractivity contribution is 0.147. The molecule has 0 aliphatic carbocycles. The fourth-order valence-corrected chi connectivity index (χ4v) is 3.35. The third kappa shape index (κ3) is 3.94. The molecule has 0 saturated carbocycles. The van der Waals surface area contributed by atoms with Gasteiger partial charge in [0.25, 0.3) is 0 Å². The Bertz CT molecular complexity index is 465. The van der Waals surface area contributed by atoms with E-state index in [4.69, 9.17) is 16.3 Å². The van der Waals surface area contributed by atoms with Crippen LogP contribution in [-0.2, 0) is 11.2 Å². The summed E-state index contributed by atoms with van der Waals surface area (Å²) in [5.74, 6) is 0.973. The molecule has 106 valence electrons. The highest BCUT2D eigenvalue weighted by Gasteiger charge is 2.24. The molecular formula is C13H20BrClN2OSi. The Kier molecular flexibility index (Phi) is 4.92. The average Bonchev–Trinajstić information content (AvgIpc) is 2.72. The van der Waals surface area contributed by atoms with Crippen LogP contribution in [0.15, 0.2) is 10.7 Å². The molecule has 3 nitrogen and oxygen atoms in total. The summed E-state index contributed by atoms with van der Waals surface area (Å²) < 4.78 is 6.66. The van der Waals surface area contributed by atoms with Gasteiger partial charge in [-0.25, -0.2) is 4.98 Å². The number of pyridine rings is 1. The number of hydrogen-bond acceptors (Lipinski definition) is 3. The first-order chi connectivity index (χ1) is 8.88. The summed E-state index contributed by atoms with van der Waals surface area (Å²) in [4.78, 5) is 6.62. The van der Waals surface area contributed by atoms with Crippen molar-refractivity contribution in [2.24, 2.45) is 0 Å². The molecule has 1 aromatic rings. The molecule has 1 aliphatic rings. The van der Waals surface area contributed by atoms with Gasteiger partial charge in [0.2, 0.25) is 0 Å². The molecule has 0 amide bonds. The highest BCUT2D eigenvalue weighted by atomic mass is 79.9. The van der Waals surface area contributed by atoms with E-state index in [1.165, 1.54) is 6.04 Å². The third-order valence-electron chi connectivity index (χ3n) is 3.22. The predicted octanol–water partition coefficient (Wildman–Crippen LogP) is 4.17. The molecule has 0 bridgehead atoms. The molecule has 2 heterocycles. The van der Waals surface area contributed by atoms with Crippen LogP contribution in [0.5, 0.6) is 0 Å². The van der Waals surface area contributed by atoms with Gasteiger partial charge in [-0.15, -0.1) is 0 Å². The van der Waals surface area contributed by atoms with Crippen LogP contribution in [0, 0.1) is 0 Å². The first-order valence-corrected chi connectivity index (χ1v) is 11.4. The zero-order valence-electron chi connectivity index (χ0n) is 11.7. The molecule has 0 unspecified atom stereocenters. The van der Waals surface area contributed by atoms with Crippen LogP contribution in [0.4, 0.5) is 5.82 Å². The summed E-state index contributed by atoms with van der Waals surface area (Å²) in [5.41, 5.74) is 1.13. The maximum Gasteiger partial charge on any atom is 0.135 e. The summed E-state index contributed by atoms with van der Waals surface area (Å²) in [6.07, 6.45) is 2.71. The first-order valence-electron chi connectivity index (χ1n) is 6.54. The lowest BCUT2D eigenvalue weighted by Gasteiger charge is -2.20. The predicted molar refractivity (Wildman–Crippen MR) is 87.0 cm³/mol. The number of rotatable bonds is 5. The molecule has 0 radical (unpaired) electrons. The monoisotopic (exact) mass is 362 g/mol. The van der Waals surface area contributed by atoms with Gasteiger partial charge in [-0.3, -0.25) is 0 Å². The number of fused-ring (bicyclic) bond motifs is 1. The van der Waals surface area contributed by atoms with Gasteiger partial charge in [-0.05, 0) is 28.4 Å². The molecule has 0 atom stereocenters. The maximum atomic E-state index is 6.28. The second-order valence-corrected chi connectivity index (χ2v) is 12.9. The van der Waals surface area contributed by atoms with Gasteiger partial charge < -0.3 is 9.64 Å². The highest BCUT2D eigenvalue weighted by Crippen LogP contribution is 2.35. The second kappa shape index (κ2) is 6.12. The summed E-state index contributed by atoms with van der Waals surface area (Å²) in [5, 5.41) is 0.787. The largest absolute Gasteiger partial charge is 0.361 e. The van der Waals surface area contributed by atoms with Gasteiger partial charge in [0, 0.05) is 33.0 Å². The average molecular weight is 364 g/mol. The smallest absolute Gasteiger partial charge is 0.135 e. The molecule has 2 rings (SSSR count). The zero-order valence-corrected chi connectivity index (χ0v) is 15.0. The van der Waals surface area contributed by atoms with E-state index in [9.17, 15) is 0 Å². The van der Waals surface area contributed by atoms with Crippen LogP contribution < -0.4 is 4.90 Å². The zero-order chi connectivity index (χ0) is 14.0. The van der Waals surface area contributed by atoms with Crippen molar-refractivity contribution in [3.05, 3.63) is 21.3 Å². The Labute approximate surface area is 129 Å². The van der Waals surface area contributed by atoms with Gasteiger partial charge in [0.1, 0.15) is 12.5 Å². The van der Waals surface area contributed by atoms with Crippen molar-refractivity contribution in [3.8, 4) is 0 Å². The topological polar surface area (TPSA) is 25.4 Å². The number of halogens is 2. The van der Waals surface area contributed by atoms with Crippen LogP contribution in [0.2, 0.25) is 30.7 Å². The molecule has 1 aliphatic heterocycles. The van der Waals surface area contributed by atoms with Crippen molar-refractivity contribution in [2.75, 3.05) is 24.8 Å². The van der Waals surface area contributed by atoms with Crippen molar-refractivity contribution in [1.29, 1.82) is 0 Å². The molecule has 0 spiro atoms. The number of anilines is 1. The maximum absolute atomic E-state index is 6.28. The van der Waals surface area contributed by atoms with Crippen molar-refractivity contribution in [3.63, 3.8) is 0 Å². The Morgan fingerprint density at radius 3 is 2.89 bits per heavy atom. The molecule has 1 aromatic heterocycles. The van der Waals surface area contributed by atoms with Crippen molar-refractivity contribution < 1.29 is 4.74 Å². The van der Waals surface area contributed by atoms with Crippen molar-refractivity contribution >= 4 is 41.4 Å². The van der Waals surface area contributed by atoms with Crippen LogP contribution in [-0.4, -0.2) is 32.9 Å². The number of nitrogens with zero attached hydrogens (tertiary/aromatic N) is 2. The van der Waals surface area contributed by atoms with E-state index in [-0.39, 0.29) is 0 Å².